The van der Waals surface area contributed by atoms with Crippen LogP contribution in [0.15, 0.2) is 24.3 Å². The van der Waals surface area contributed by atoms with Crippen LogP contribution in [0.25, 0.3) is 0 Å². The summed E-state index contributed by atoms with van der Waals surface area (Å²) < 4.78 is 13.5. The molecule has 0 aliphatic carbocycles. The molecule has 0 aliphatic rings. The Labute approximate surface area is 76.3 Å². The molecule has 1 aromatic rings. The highest BCUT2D eigenvalue weighted by molar-refractivity contribution is 6.30. The summed E-state index contributed by atoms with van der Waals surface area (Å²) in [6.45, 7) is 1.44. The van der Waals surface area contributed by atoms with Gasteiger partial charge in [0.2, 0.25) is 0 Å². The van der Waals surface area contributed by atoms with Crippen molar-refractivity contribution in [2.75, 3.05) is 6.54 Å². The van der Waals surface area contributed by atoms with Gasteiger partial charge in [0, 0.05) is 11.6 Å². The molecule has 0 fully saturated rings. The lowest BCUT2D eigenvalue weighted by Crippen LogP contribution is -2.26. The largest absolute Gasteiger partial charge is 0.327 e. The van der Waals surface area contributed by atoms with Crippen molar-refractivity contribution in [1.82, 2.24) is 0 Å². The smallest absolute Gasteiger partial charge is 0.145 e. The van der Waals surface area contributed by atoms with E-state index in [4.69, 9.17) is 17.3 Å². The van der Waals surface area contributed by atoms with Gasteiger partial charge in [0.05, 0.1) is 0 Å². The maximum Gasteiger partial charge on any atom is 0.145 e. The van der Waals surface area contributed by atoms with Gasteiger partial charge in [-0.3, -0.25) is 0 Å². The van der Waals surface area contributed by atoms with Gasteiger partial charge in [-0.25, -0.2) is 4.39 Å². The summed E-state index contributed by atoms with van der Waals surface area (Å²) in [5, 5.41) is 0.603. The fourth-order valence-electron chi connectivity index (χ4n) is 0.915. The van der Waals surface area contributed by atoms with Crippen LogP contribution in [0.5, 0.6) is 0 Å². The maximum atomic E-state index is 13.5. The highest BCUT2D eigenvalue weighted by Gasteiger charge is 2.22. The third kappa shape index (κ3) is 1.96. The molecule has 66 valence electrons. The Morgan fingerprint density at radius 2 is 1.92 bits per heavy atom. The van der Waals surface area contributed by atoms with Crippen LogP contribution < -0.4 is 5.73 Å². The van der Waals surface area contributed by atoms with E-state index in [0.29, 0.717) is 10.6 Å². The van der Waals surface area contributed by atoms with Gasteiger partial charge < -0.3 is 5.73 Å². The summed E-state index contributed by atoms with van der Waals surface area (Å²) in [4.78, 5) is 0. The molecule has 0 saturated carbocycles. The van der Waals surface area contributed by atoms with E-state index in [1.807, 2.05) is 0 Å². The molecule has 0 unspecified atom stereocenters. The molecule has 2 N–H and O–H groups in total. The van der Waals surface area contributed by atoms with E-state index < -0.39 is 5.67 Å². The van der Waals surface area contributed by atoms with Gasteiger partial charge in [-0.1, -0.05) is 23.7 Å². The van der Waals surface area contributed by atoms with E-state index in [-0.39, 0.29) is 6.54 Å². The zero-order chi connectivity index (χ0) is 9.19. The van der Waals surface area contributed by atoms with E-state index in [0.717, 1.165) is 0 Å². The SMILES string of the molecule is C[C@@](F)(CN)c1ccc(Cl)cc1. The maximum absolute atomic E-state index is 13.5. The van der Waals surface area contributed by atoms with Crippen LogP contribution in [0, 0.1) is 0 Å². The molecule has 3 heteroatoms. The molecular formula is C9H11ClFN. The van der Waals surface area contributed by atoms with E-state index in [9.17, 15) is 4.39 Å². The van der Waals surface area contributed by atoms with Crippen molar-refractivity contribution in [3.63, 3.8) is 0 Å². The molecule has 0 radical (unpaired) electrons. The highest BCUT2D eigenvalue weighted by atomic mass is 35.5. The second-order valence-electron chi connectivity index (χ2n) is 2.91. The number of hydrogen-bond acceptors (Lipinski definition) is 1. The van der Waals surface area contributed by atoms with Crippen molar-refractivity contribution in [3.05, 3.63) is 34.9 Å². The number of benzene rings is 1. The highest BCUT2D eigenvalue weighted by Crippen LogP contribution is 2.24. The lowest BCUT2D eigenvalue weighted by atomic mass is 9.98. The Hall–Kier alpha value is -0.600. The van der Waals surface area contributed by atoms with Crippen LogP contribution in [0.4, 0.5) is 4.39 Å². The fourth-order valence-corrected chi connectivity index (χ4v) is 1.04. The molecule has 0 bridgehead atoms. The molecule has 1 rings (SSSR count). The van der Waals surface area contributed by atoms with Crippen molar-refractivity contribution < 1.29 is 4.39 Å². The zero-order valence-corrected chi connectivity index (χ0v) is 7.61. The fraction of sp³-hybridized carbons (Fsp3) is 0.333. The molecule has 1 atom stereocenters. The molecule has 1 nitrogen and oxygen atoms in total. The number of halogens is 2. The molecule has 0 aliphatic heterocycles. The first kappa shape index (κ1) is 9.49. The van der Waals surface area contributed by atoms with Gasteiger partial charge in [-0.2, -0.15) is 0 Å². The van der Waals surface area contributed by atoms with Gasteiger partial charge in [0.15, 0.2) is 0 Å². The van der Waals surface area contributed by atoms with E-state index >= 15 is 0 Å². The lowest BCUT2D eigenvalue weighted by Gasteiger charge is -2.17. The van der Waals surface area contributed by atoms with Gasteiger partial charge in [0.25, 0.3) is 0 Å². The molecule has 12 heavy (non-hydrogen) atoms. The second-order valence-corrected chi connectivity index (χ2v) is 3.34. The predicted molar refractivity (Wildman–Crippen MR) is 49.0 cm³/mol. The summed E-state index contributed by atoms with van der Waals surface area (Å²) >= 11 is 5.65. The Balaban J connectivity index is 2.96. The molecular weight excluding hydrogens is 177 g/mol. The Bertz CT molecular complexity index is 256. The number of nitrogens with two attached hydrogens (primary N) is 1. The Morgan fingerprint density at radius 3 is 2.33 bits per heavy atom. The van der Waals surface area contributed by atoms with Crippen molar-refractivity contribution >= 4 is 11.6 Å². The van der Waals surface area contributed by atoms with Gasteiger partial charge in [-0.05, 0) is 24.6 Å². The zero-order valence-electron chi connectivity index (χ0n) is 6.85. The molecule has 0 spiro atoms. The average Bonchev–Trinajstić information content (AvgIpc) is 2.05. The number of hydrogen-bond donors (Lipinski definition) is 1. The van der Waals surface area contributed by atoms with E-state index in [2.05, 4.69) is 0 Å². The van der Waals surface area contributed by atoms with Crippen LogP contribution >= 0.6 is 11.6 Å². The first-order valence-electron chi connectivity index (χ1n) is 3.71. The second kappa shape index (κ2) is 3.42. The van der Waals surface area contributed by atoms with Crippen molar-refractivity contribution in [3.8, 4) is 0 Å². The topological polar surface area (TPSA) is 26.0 Å². The van der Waals surface area contributed by atoms with Crippen molar-refractivity contribution in [1.29, 1.82) is 0 Å². The number of alkyl halides is 1. The monoisotopic (exact) mass is 187 g/mol. The summed E-state index contributed by atoms with van der Waals surface area (Å²) in [6, 6.07) is 6.61. The van der Waals surface area contributed by atoms with E-state index in [1.165, 1.54) is 6.92 Å². The minimum atomic E-state index is -1.45. The van der Waals surface area contributed by atoms with Crippen LogP contribution in [0.1, 0.15) is 12.5 Å². The van der Waals surface area contributed by atoms with Crippen LogP contribution in [-0.2, 0) is 5.67 Å². The quantitative estimate of drug-likeness (QED) is 0.757. The van der Waals surface area contributed by atoms with Gasteiger partial charge >= 0.3 is 0 Å². The first-order chi connectivity index (χ1) is 5.56. The molecule has 0 saturated heterocycles. The minimum absolute atomic E-state index is 0.0192. The van der Waals surface area contributed by atoms with Crippen molar-refractivity contribution in [2.24, 2.45) is 5.73 Å². The Morgan fingerprint density at radius 1 is 1.42 bits per heavy atom. The summed E-state index contributed by atoms with van der Waals surface area (Å²) in [6.07, 6.45) is 0. The van der Waals surface area contributed by atoms with Gasteiger partial charge in [-0.15, -0.1) is 0 Å². The molecule has 0 heterocycles. The van der Waals surface area contributed by atoms with Gasteiger partial charge in [0.1, 0.15) is 5.67 Å². The normalized spacial score (nSPS) is 15.7. The van der Waals surface area contributed by atoms with Crippen LogP contribution in [0.2, 0.25) is 5.02 Å². The summed E-state index contributed by atoms with van der Waals surface area (Å²) in [7, 11) is 0. The third-order valence-corrected chi connectivity index (χ3v) is 2.08. The molecule has 1 aromatic carbocycles. The minimum Gasteiger partial charge on any atom is -0.327 e. The molecule has 0 aromatic heterocycles. The Kier molecular flexibility index (Phi) is 2.70. The van der Waals surface area contributed by atoms with Crippen molar-refractivity contribution in [2.45, 2.75) is 12.6 Å². The lowest BCUT2D eigenvalue weighted by molar-refractivity contribution is 0.203. The predicted octanol–water partition coefficient (Wildman–Crippen LogP) is 2.48. The average molecular weight is 188 g/mol. The third-order valence-electron chi connectivity index (χ3n) is 1.83. The van der Waals surface area contributed by atoms with E-state index in [1.54, 1.807) is 24.3 Å². The molecule has 0 amide bonds. The van der Waals surface area contributed by atoms with Crippen LogP contribution in [0.3, 0.4) is 0 Å². The summed E-state index contributed by atoms with van der Waals surface area (Å²) in [5.74, 6) is 0. The standard InChI is InChI=1S/C9H11ClFN/c1-9(11,6-12)7-2-4-8(10)5-3-7/h2-5H,6,12H2,1H3/t9-/m1/s1. The van der Waals surface area contributed by atoms with Crippen LogP contribution in [-0.4, -0.2) is 6.54 Å². The first-order valence-corrected chi connectivity index (χ1v) is 4.09. The number of rotatable bonds is 2. The summed E-state index contributed by atoms with van der Waals surface area (Å²) in [5.41, 5.74) is 4.38.